The van der Waals surface area contributed by atoms with Crippen molar-refractivity contribution in [3.63, 3.8) is 0 Å². The van der Waals surface area contributed by atoms with Crippen LogP contribution in [0.2, 0.25) is 10.0 Å². The summed E-state index contributed by atoms with van der Waals surface area (Å²) in [7, 11) is 1.59. The number of amides is 1. The molecule has 3 saturated heterocycles. The van der Waals surface area contributed by atoms with E-state index >= 15 is 4.39 Å². The molecule has 12 heteroatoms. The van der Waals surface area contributed by atoms with Gasteiger partial charge in [-0.25, -0.2) is 14.4 Å². The van der Waals surface area contributed by atoms with Crippen LogP contribution in [0.25, 0.3) is 32.9 Å². The van der Waals surface area contributed by atoms with Crippen LogP contribution < -0.4 is 10.1 Å². The number of carbonyl (C=O) groups excluding carboxylic acids is 1. The van der Waals surface area contributed by atoms with Gasteiger partial charge >= 0.3 is 0 Å². The average Bonchev–Trinajstić information content (AvgIpc) is 3.46. The zero-order chi connectivity index (χ0) is 36.5. The third kappa shape index (κ3) is 5.84. The van der Waals surface area contributed by atoms with Crippen LogP contribution in [0.1, 0.15) is 66.8 Å². The number of methoxy groups -OCH3 is 1. The van der Waals surface area contributed by atoms with Crippen molar-refractivity contribution in [3.05, 3.63) is 87.0 Å². The number of halogens is 3. The second kappa shape index (κ2) is 13.5. The molecule has 3 aromatic heterocycles. The van der Waals surface area contributed by atoms with Crippen LogP contribution in [0.15, 0.2) is 48.5 Å². The summed E-state index contributed by atoms with van der Waals surface area (Å²) in [4.78, 5) is 25.5. The Labute approximate surface area is 317 Å². The number of nitriles is 1. The normalized spacial score (nSPS) is 23.5. The van der Waals surface area contributed by atoms with Gasteiger partial charge in [-0.2, -0.15) is 5.26 Å². The number of nitrogens with one attached hydrogen (secondary N) is 1. The molecule has 5 aromatic rings. The Morgan fingerprint density at radius 2 is 1.94 bits per heavy atom. The second-order valence-electron chi connectivity index (χ2n) is 14.9. The van der Waals surface area contributed by atoms with Gasteiger partial charge in [-0.1, -0.05) is 41.4 Å². The van der Waals surface area contributed by atoms with E-state index in [9.17, 15) is 10.1 Å². The first-order valence-corrected chi connectivity index (χ1v) is 19.1. The van der Waals surface area contributed by atoms with Gasteiger partial charge < -0.3 is 24.3 Å². The van der Waals surface area contributed by atoms with E-state index in [0.29, 0.717) is 70.6 Å². The van der Waals surface area contributed by atoms with Crippen molar-refractivity contribution in [2.24, 2.45) is 11.8 Å². The highest BCUT2D eigenvalue weighted by molar-refractivity contribution is 6.43. The van der Waals surface area contributed by atoms with Crippen LogP contribution in [0.4, 0.5) is 4.39 Å². The molecule has 9 nitrogen and oxygen atoms in total. The van der Waals surface area contributed by atoms with E-state index in [1.807, 2.05) is 30.0 Å². The quantitative estimate of drug-likeness (QED) is 0.153. The first kappa shape index (κ1) is 34.5. The van der Waals surface area contributed by atoms with E-state index in [4.69, 9.17) is 37.7 Å². The van der Waals surface area contributed by atoms with E-state index in [1.54, 1.807) is 31.4 Å². The monoisotopic (exact) mass is 752 g/mol. The predicted molar refractivity (Wildman–Crippen MR) is 201 cm³/mol. The SMILES string of the molecule is COc1cccc(CO[C@H]2C[C@H](c3cc4c(C)nc5c(F)c(-c6cccc(Cl)c6Cl)c(CCC#N)cc5c4n3[C@H]3[C@H]4CN[C@@H]3C4)N(C(=O)C3CC3)C2)n1. The van der Waals surface area contributed by atoms with Gasteiger partial charge in [-0.05, 0) is 68.4 Å². The summed E-state index contributed by atoms with van der Waals surface area (Å²) in [5.74, 6) is 0.652. The molecular weight excluding hydrogens is 714 g/mol. The van der Waals surface area contributed by atoms with Crippen molar-refractivity contribution in [1.82, 2.24) is 24.8 Å². The predicted octanol–water partition coefficient (Wildman–Crippen LogP) is 8.27. The molecule has 5 fully saturated rings. The number of rotatable bonds is 10. The summed E-state index contributed by atoms with van der Waals surface area (Å²) >= 11 is 13.1. The van der Waals surface area contributed by atoms with Crippen molar-refractivity contribution >= 4 is 50.9 Å². The molecule has 3 aliphatic heterocycles. The van der Waals surface area contributed by atoms with E-state index in [0.717, 1.165) is 48.1 Å². The summed E-state index contributed by atoms with van der Waals surface area (Å²) < 4.78 is 31.4. The van der Waals surface area contributed by atoms with Gasteiger partial charge in [0.05, 0.1) is 59.2 Å². The fourth-order valence-corrected chi connectivity index (χ4v) is 9.36. The lowest BCUT2D eigenvalue weighted by Crippen LogP contribution is -2.41. The average molecular weight is 754 g/mol. The Kier molecular flexibility index (Phi) is 8.81. The molecular formula is C41H39Cl2FN6O3. The van der Waals surface area contributed by atoms with Crippen LogP contribution in [-0.4, -0.2) is 57.7 Å². The first-order valence-electron chi connectivity index (χ1n) is 18.4. The minimum atomic E-state index is -0.486. The Hall–Kier alpha value is -4.27. The highest BCUT2D eigenvalue weighted by Crippen LogP contribution is 2.51. The van der Waals surface area contributed by atoms with Crippen LogP contribution in [0, 0.1) is 35.9 Å². The number of benzene rings is 2. The molecule has 0 radical (unpaired) electrons. The van der Waals surface area contributed by atoms with Gasteiger partial charge in [0, 0.05) is 77.2 Å². The van der Waals surface area contributed by atoms with Crippen molar-refractivity contribution in [2.45, 2.75) is 76.3 Å². The van der Waals surface area contributed by atoms with Crippen molar-refractivity contribution in [1.29, 1.82) is 5.26 Å². The lowest BCUT2D eigenvalue weighted by atomic mass is 9.79. The highest BCUT2D eigenvalue weighted by atomic mass is 35.5. The Bertz CT molecular complexity index is 2320. The third-order valence-electron chi connectivity index (χ3n) is 11.7. The number of nitrogens with zero attached hydrogens (tertiary/aromatic N) is 5. The molecule has 2 bridgehead atoms. The van der Waals surface area contributed by atoms with E-state index in [-0.39, 0.29) is 53.0 Å². The Morgan fingerprint density at radius 1 is 1.11 bits per heavy atom. The van der Waals surface area contributed by atoms with Gasteiger partial charge in [0.15, 0.2) is 5.82 Å². The number of likely N-dealkylation sites (tertiary alicyclic amines) is 1. The minimum absolute atomic E-state index is 0.0356. The van der Waals surface area contributed by atoms with Crippen LogP contribution in [0.5, 0.6) is 5.88 Å². The molecule has 5 aliphatic rings. The molecule has 5 atom stereocenters. The number of hydrogen-bond acceptors (Lipinski definition) is 7. The second-order valence-corrected chi connectivity index (χ2v) is 15.7. The van der Waals surface area contributed by atoms with Gasteiger partial charge in [0.1, 0.15) is 5.52 Å². The molecule has 2 saturated carbocycles. The number of hydrogen-bond donors (Lipinski definition) is 1. The number of fused-ring (bicyclic) bond motifs is 4. The first-order chi connectivity index (χ1) is 25.7. The van der Waals surface area contributed by atoms with Crippen molar-refractivity contribution < 1.29 is 18.7 Å². The van der Waals surface area contributed by atoms with E-state index in [2.05, 4.69) is 27.0 Å². The molecule has 1 amide bonds. The molecule has 1 N–H and O–H groups in total. The highest BCUT2D eigenvalue weighted by Gasteiger charge is 2.51. The van der Waals surface area contributed by atoms with Gasteiger partial charge in [-0.3, -0.25) is 4.79 Å². The summed E-state index contributed by atoms with van der Waals surface area (Å²) in [5.41, 5.74) is 5.11. The number of aryl methyl sites for hydroxylation is 2. The van der Waals surface area contributed by atoms with E-state index in [1.165, 1.54) is 0 Å². The van der Waals surface area contributed by atoms with Crippen LogP contribution >= 0.6 is 23.2 Å². The smallest absolute Gasteiger partial charge is 0.226 e. The molecule has 272 valence electrons. The molecule has 10 rings (SSSR count). The van der Waals surface area contributed by atoms with Crippen LogP contribution in [-0.2, 0) is 22.6 Å². The van der Waals surface area contributed by atoms with Gasteiger partial charge in [0.25, 0.3) is 0 Å². The lowest BCUT2D eigenvalue weighted by Gasteiger charge is -2.39. The molecule has 53 heavy (non-hydrogen) atoms. The number of aromatic nitrogens is 3. The topological polar surface area (TPSA) is 105 Å². The van der Waals surface area contributed by atoms with Crippen LogP contribution in [0.3, 0.4) is 0 Å². The largest absolute Gasteiger partial charge is 0.481 e. The number of carbonyl (C=O) groups is 1. The summed E-state index contributed by atoms with van der Waals surface area (Å²) in [6.07, 6.45) is 3.83. The minimum Gasteiger partial charge on any atom is -0.481 e. The van der Waals surface area contributed by atoms with Crippen molar-refractivity contribution in [3.8, 4) is 23.1 Å². The molecule has 2 aromatic carbocycles. The summed E-state index contributed by atoms with van der Waals surface area (Å²) in [6.45, 7) is 3.62. The maximum atomic E-state index is 17.2. The third-order valence-corrected chi connectivity index (χ3v) is 12.5. The molecule has 2 aliphatic carbocycles. The standard InChI is InChI=1S/C41H39Cl2FN6O3/c1-21-28-17-33(32-16-26(19-49(32)41(51)22-11-12-22)53-20-25-7-3-10-34(48-25)52-2)50(39-24-15-31(39)46-18-24)40(28)29-14-23(6-5-13-45)35(37(44)38(29)47-21)27-8-4-9-30(42)36(27)43/h3-4,7-10,14,17,22,24,26,31-32,39,46H,5-6,11-12,15-16,18-20H2,1-2H3/t24-,26+,31-,32-,39+/m1/s1. The molecule has 0 unspecified atom stereocenters. The van der Waals surface area contributed by atoms with Crippen molar-refractivity contribution in [2.75, 3.05) is 20.2 Å². The van der Waals surface area contributed by atoms with Gasteiger partial charge in [0.2, 0.25) is 11.8 Å². The lowest BCUT2D eigenvalue weighted by molar-refractivity contribution is -0.134. The summed E-state index contributed by atoms with van der Waals surface area (Å²) in [6, 6.07) is 17.4. The fraction of sp³-hybridized carbons (Fsp3) is 0.415. The Balaban J connectivity index is 1.21. The maximum absolute atomic E-state index is 17.2. The van der Waals surface area contributed by atoms with Gasteiger partial charge in [-0.15, -0.1) is 0 Å². The Morgan fingerprint density at radius 3 is 2.68 bits per heavy atom. The summed E-state index contributed by atoms with van der Waals surface area (Å²) in [5, 5.41) is 15.5. The van der Waals surface area contributed by atoms with E-state index < -0.39 is 5.82 Å². The zero-order valence-electron chi connectivity index (χ0n) is 29.5. The fourth-order valence-electron chi connectivity index (χ4n) is 8.96. The maximum Gasteiger partial charge on any atom is 0.226 e. The number of pyridine rings is 2. The zero-order valence-corrected chi connectivity index (χ0v) is 31.1. The molecule has 6 heterocycles. The number of ether oxygens (including phenoxy) is 2. The molecule has 0 spiro atoms.